The van der Waals surface area contributed by atoms with E-state index in [1.807, 2.05) is 0 Å². The number of carbonyl (C=O) groups is 1. The second kappa shape index (κ2) is 6.43. The second-order valence-corrected chi connectivity index (χ2v) is 6.99. The monoisotopic (exact) mass is 374 g/mol. The summed E-state index contributed by atoms with van der Waals surface area (Å²) in [5.41, 5.74) is 4.98. The SMILES string of the molecule is NC12CCC(Cn3c1nc(C(=O)NCc1ccc(F)cc1)c(O)c3=O)OC2. The third-order valence-corrected chi connectivity index (χ3v) is 5.05. The first kappa shape index (κ1) is 17.6. The Balaban J connectivity index is 1.65. The van der Waals surface area contributed by atoms with Crippen molar-refractivity contribution in [3.63, 3.8) is 0 Å². The van der Waals surface area contributed by atoms with Gasteiger partial charge < -0.3 is 20.9 Å². The molecule has 142 valence electrons. The third kappa shape index (κ3) is 3.08. The molecule has 0 aliphatic carbocycles. The molecule has 2 atom stereocenters. The number of aromatic hydroxyl groups is 1. The molecule has 9 heteroatoms. The van der Waals surface area contributed by atoms with E-state index in [0.717, 1.165) is 0 Å². The smallest absolute Gasteiger partial charge is 0.296 e. The summed E-state index contributed by atoms with van der Waals surface area (Å²) in [6, 6.07) is 5.61. The topological polar surface area (TPSA) is 119 Å². The molecule has 1 fully saturated rings. The summed E-state index contributed by atoms with van der Waals surface area (Å²) in [7, 11) is 0. The summed E-state index contributed by atoms with van der Waals surface area (Å²) >= 11 is 0. The van der Waals surface area contributed by atoms with Crippen molar-refractivity contribution in [2.24, 2.45) is 5.73 Å². The highest BCUT2D eigenvalue weighted by atomic mass is 19.1. The van der Waals surface area contributed by atoms with Crippen LogP contribution in [-0.2, 0) is 23.4 Å². The molecule has 4 N–H and O–H groups in total. The number of nitrogens with zero attached hydrogens (tertiary/aromatic N) is 2. The van der Waals surface area contributed by atoms with Crippen molar-refractivity contribution in [3.8, 4) is 5.75 Å². The van der Waals surface area contributed by atoms with E-state index in [0.29, 0.717) is 18.4 Å². The van der Waals surface area contributed by atoms with Gasteiger partial charge in [0, 0.05) is 6.54 Å². The average Bonchev–Trinajstić information content (AvgIpc) is 2.89. The predicted molar refractivity (Wildman–Crippen MR) is 92.6 cm³/mol. The van der Waals surface area contributed by atoms with Crippen molar-refractivity contribution >= 4 is 5.91 Å². The Morgan fingerprint density at radius 1 is 1.44 bits per heavy atom. The minimum absolute atomic E-state index is 0.0948. The average molecular weight is 374 g/mol. The van der Waals surface area contributed by atoms with E-state index in [-0.39, 0.29) is 43.1 Å². The lowest BCUT2D eigenvalue weighted by Crippen LogP contribution is -2.47. The molecule has 2 unspecified atom stereocenters. The van der Waals surface area contributed by atoms with Gasteiger partial charge in [-0.25, -0.2) is 9.37 Å². The molecule has 8 nitrogen and oxygen atoms in total. The van der Waals surface area contributed by atoms with Gasteiger partial charge in [-0.3, -0.25) is 14.2 Å². The van der Waals surface area contributed by atoms with Gasteiger partial charge in [0.05, 0.1) is 24.8 Å². The Kier molecular flexibility index (Phi) is 4.20. The number of ether oxygens (including phenoxy) is 1. The van der Waals surface area contributed by atoms with Gasteiger partial charge >= 0.3 is 0 Å². The zero-order valence-corrected chi connectivity index (χ0v) is 14.4. The van der Waals surface area contributed by atoms with Crippen LogP contribution < -0.4 is 16.6 Å². The number of aromatic nitrogens is 2. The first-order chi connectivity index (χ1) is 12.9. The molecular formula is C18H19FN4O4. The molecule has 0 saturated carbocycles. The van der Waals surface area contributed by atoms with Gasteiger partial charge in [-0.15, -0.1) is 0 Å². The van der Waals surface area contributed by atoms with Crippen LogP contribution in [0.1, 0.15) is 34.7 Å². The molecular weight excluding hydrogens is 355 g/mol. The summed E-state index contributed by atoms with van der Waals surface area (Å²) in [6.45, 7) is 0.536. The standard InChI is InChI=1S/C18H19FN4O4/c19-11-3-1-10(2-4-11)7-21-15(25)13-14(24)16(26)23-8-12-5-6-18(20,9-27-12)17(23)22-13/h1-4,12,24H,5-9,20H2,(H,21,25). The molecule has 4 heterocycles. The Bertz CT molecular complexity index is 949. The van der Waals surface area contributed by atoms with Crippen molar-refractivity contribution in [2.75, 3.05) is 6.61 Å². The number of fused-ring (bicyclic) bond motifs is 2. The lowest BCUT2D eigenvalue weighted by atomic mass is 9.91. The van der Waals surface area contributed by atoms with Crippen molar-refractivity contribution in [2.45, 2.75) is 37.6 Å². The number of benzene rings is 1. The number of carbonyl (C=O) groups excluding carboxylic acids is 1. The summed E-state index contributed by atoms with van der Waals surface area (Å²) in [4.78, 5) is 29.4. The van der Waals surface area contributed by atoms with E-state index >= 15 is 0 Å². The first-order valence-electron chi connectivity index (χ1n) is 8.65. The van der Waals surface area contributed by atoms with E-state index in [4.69, 9.17) is 10.5 Å². The molecule has 0 radical (unpaired) electrons. The van der Waals surface area contributed by atoms with Crippen LogP contribution in [0.5, 0.6) is 5.75 Å². The summed E-state index contributed by atoms with van der Waals surface area (Å²) in [5.74, 6) is -1.56. The maximum Gasteiger partial charge on any atom is 0.296 e. The maximum absolute atomic E-state index is 13.0. The molecule has 2 bridgehead atoms. The number of nitrogens with one attached hydrogen (secondary N) is 1. The van der Waals surface area contributed by atoms with E-state index in [1.54, 1.807) is 0 Å². The number of nitrogens with two attached hydrogens (primary N) is 1. The van der Waals surface area contributed by atoms with Gasteiger partial charge in [-0.1, -0.05) is 12.1 Å². The van der Waals surface area contributed by atoms with Crippen molar-refractivity contribution in [1.82, 2.24) is 14.9 Å². The van der Waals surface area contributed by atoms with Gasteiger partial charge in [0.25, 0.3) is 11.5 Å². The van der Waals surface area contributed by atoms with Gasteiger partial charge in [0.2, 0.25) is 5.75 Å². The largest absolute Gasteiger partial charge is 0.501 e. The van der Waals surface area contributed by atoms with Gasteiger partial charge in [-0.05, 0) is 30.5 Å². The van der Waals surface area contributed by atoms with Crippen molar-refractivity contribution in [1.29, 1.82) is 0 Å². The molecule has 0 spiro atoms. The van der Waals surface area contributed by atoms with Crippen LogP contribution in [0.15, 0.2) is 29.1 Å². The molecule has 1 aromatic carbocycles. The van der Waals surface area contributed by atoms with Crippen molar-refractivity contribution < 1.29 is 19.0 Å². The number of hydrogen-bond acceptors (Lipinski definition) is 6. The Hall–Kier alpha value is -2.78. The van der Waals surface area contributed by atoms with Gasteiger partial charge in [0.15, 0.2) is 5.69 Å². The van der Waals surface area contributed by atoms with Gasteiger partial charge in [0.1, 0.15) is 11.6 Å². The summed E-state index contributed by atoms with van der Waals surface area (Å²) in [5, 5.41) is 12.8. The second-order valence-electron chi connectivity index (χ2n) is 6.99. The van der Waals surface area contributed by atoms with E-state index in [9.17, 15) is 19.1 Å². The summed E-state index contributed by atoms with van der Waals surface area (Å²) in [6.07, 6.45) is 1.08. The van der Waals surface area contributed by atoms with Crippen LogP contribution in [0.25, 0.3) is 0 Å². The fraction of sp³-hybridized carbons (Fsp3) is 0.389. The van der Waals surface area contributed by atoms with Crippen LogP contribution >= 0.6 is 0 Å². The zero-order valence-electron chi connectivity index (χ0n) is 14.4. The number of amides is 1. The van der Waals surface area contributed by atoms with E-state index < -0.39 is 22.8 Å². The molecule has 3 aliphatic rings. The minimum Gasteiger partial charge on any atom is -0.501 e. The highest BCUT2D eigenvalue weighted by Gasteiger charge is 2.43. The van der Waals surface area contributed by atoms with Crippen LogP contribution in [0, 0.1) is 5.82 Å². The van der Waals surface area contributed by atoms with Crippen LogP contribution in [0.4, 0.5) is 4.39 Å². The Morgan fingerprint density at radius 2 is 2.19 bits per heavy atom. The lowest BCUT2D eigenvalue weighted by Gasteiger charge is -2.32. The normalized spacial score (nSPS) is 23.6. The number of rotatable bonds is 3. The van der Waals surface area contributed by atoms with Crippen molar-refractivity contribution in [3.05, 3.63) is 57.5 Å². The number of hydrogen-bond donors (Lipinski definition) is 3. The summed E-state index contributed by atoms with van der Waals surface area (Å²) < 4.78 is 19.9. The fourth-order valence-corrected chi connectivity index (χ4v) is 3.49. The van der Waals surface area contributed by atoms with Crippen LogP contribution in [0.3, 0.4) is 0 Å². The highest BCUT2D eigenvalue weighted by Crippen LogP contribution is 2.33. The van der Waals surface area contributed by atoms with Crippen LogP contribution in [-0.4, -0.2) is 33.3 Å². The first-order valence-corrected chi connectivity index (χ1v) is 8.65. The number of halogens is 1. The van der Waals surface area contributed by atoms with E-state index in [1.165, 1.54) is 28.8 Å². The zero-order chi connectivity index (χ0) is 19.2. The molecule has 5 rings (SSSR count). The molecule has 1 saturated heterocycles. The maximum atomic E-state index is 13.0. The van der Waals surface area contributed by atoms with E-state index in [2.05, 4.69) is 10.3 Å². The predicted octanol–water partition coefficient (Wildman–Crippen LogP) is 0.365. The Labute approximate surface area is 153 Å². The Morgan fingerprint density at radius 3 is 2.85 bits per heavy atom. The minimum atomic E-state index is -0.980. The van der Waals surface area contributed by atoms with Gasteiger partial charge in [-0.2, -0.15) is 0 Å². The molecule has 2 aromatic rings. The molecule has 1 amide bonds. The molecule has 27 heavy (non-hydrogen) atoms. The molecule has 1 aromatic heterocycles. The third-order valence-electron chi connectivity index (χ3n) is 5.05. The quantitative estimate of drug-likeness (QED) is 0.714. The highest BCUT2D eigenvalue weighted by molar-refractivity contribution is 5.94. The van der Waals surface area contributed by atoms with Crippen LogP contribution in [0.2, 0.25) is 0 Å². The lowest BCUT2D eigenvalue weighted by molar-refractivity contribution is -0.0232. The fourth-order valence-electron chi connectivity index (χ4n) is 3.49. The molecule has 3 aliphatic heterocycles.